The third-order valence-corrected chi connectivity index (χ3v) is 4.28. The molecule has 6 nitrogen and oxygen atoms in total. The molecule has 0 aliphatic rings. The van der Waals surface area contributed by atoms with Crippen LogP contribution >= 0.6 is 0 Å². The monoisotopic (exact) mass is 350 g/mol. The second-order valence-electron chi connectivity index (χ2n) is 6.00. The van der Waals surface area contributed by atoms with Crippen LogP contribution in [0, 0.1) is 6.92 Å². The van der Waals surface area contributed by atoms with Crippen molar-refractivity contribution in [3.05, 3.63) is 77.9 Å². The molecule has 1 heterocycles. The minimum absolute atomic E-state index is 0.0589. The molecule has 0 aliphatic heterocycles. The molecule has 0 saturated carbocycles. The first kappa shape index (κ1) is 17.8. The van der Waals surface area contributed by atoms with E-state index in [0.717, 1.165) is 11.1 Å². The Labute approximate surface area is 153 Å². The van der Waals surface area contributed by atoms with Gasteiger partial charge in [0.2, 0.25) is 0 Å². The summed E-state index contributed by atoms with van der Waals surface area (Å²) in [5.74, 6) is -0.0589. The van der Waals surface area contributed by atoms with E-state index in [-0.39, 0.29) is 5.91 Å². The number of carbonyl (C=O) groups is 1. The predicted octanol–water partition coefficient (Wildman–Crippen LogP) is 2.86. The molecule has 0 fully saturated rings. The molecule has 0 N–H and O–H groups in total. The Morgan fingerprint density at radius 2 is 1.92 bits per heavy atom. The summed E-state index contributed by atoms with van der Waals surface area (Å²) in [7, 11) is 1.64. The molecular weight excluding hydrogens is 328 g/mol. The Morgan fingerprint density at radius 1 is 1.15 bits per heavy atom. The molecule has 0 unspecified atom stereocenters. The fraction of sp³-hybridized carbons (Fsp3) is 0.250. The van der Waals surface area contributed by atoms with Crippen LogP contribution in [0.5, 0.6) is 0 Å². The molecule has 0 spiro atoms. The summed E-state index contributed by atoms with van der Waals surface area (Å²) < 4.78 is 6.81. The largest absolute Gasteiger partial charge is 0.383 e. The van der Waals surface area contributed by atoms with Crippen molar-refractivity contribution in [2.45, 2.75) is 13.5 Å². The van der Waals surface area contributed by atoms with Gasteiger partial charge in [-0.15, -0.1) is 0 Å². The number of methoxy groups -OCH3 is 1. The molecule has 6 heteroatoms. The molecule has 0 radical (unpaired) electrons. The first-order valence-electron chi connectivity index (χ1n) is 8.47. The van der Waals surface area contributed by atoms with E-state index in [1.165, 1.54) is 6.33 Å². The van der Waals surface area contributed by atoms with Crippen molar-refractivity contribution in [3.63, 3.8) is 0 Å². The second kappa shape index (κ2) is 8.40. The minimum atomic E-state index is -0.0589. The summed E-state index contributed by atoms with van der Waals surface area (Å²) in [6.07, 6.45) is 3.05. The summed E-state index contributed by atoms with van der Waals surface area (Å²) >= 11 is 0. The van der Waals surface area contributed by atoms with E-state index in [9.17, 15) is 4.79 Å². The lowest BCUT2D eigenvalue weighted by atomic mass is 10.1. The molecule has 134 valence electrons. The molecule has 3 aromatic rings. The Morgan fingerprint density at radius 3 is 2.65 bits per heavy atom. The fourth-order valence-electron chi connectivity index (χ4n) is 2.80. The highest BCUT2D eigenvalue weighted by atomic mass is 16.5. The van der Waals surface area contributed by atoms with Gasteiger partial charge in [-0.25, -0.2) is 9.67 Å². The van der Waals surface area contributed by atoms with Gasteiger partial charge in [0, 0.05) is 20.2 Å². The zero-order valence-corrected chi connectivity index (χ0v) is 15.0. The van der Waals surface area contributed by atoms with Gasteiger partial charge in [-0.3, -0.25) is 4.79 Å². The quantitative estimate of drug-likeness (QED) is 0.657. The van der Waals surface area contributed by atoms with Crippen molar-refractivity contribution in [1.29, 1.82) is 0 Å². The lowest BCUT2D eigenvalue weighted by molar-refractivity contribution is 0.0680. The maximum absolute atomic E-state index is 13.3. The van der Waals surface area contributed by atoms with Crippen LogP contribution in [-0.4, -0.2) is 45.8 Å². The lowest BCUT2D eigenvalue weighted by Crippen LogP contribution is -2.34. The van der Waals surface area contributed by atoms with Crippen LogP contribution in [0.3, 0.4) is 0 Å². The number of amides is 1. The Hall–Kier alpha value is -2.99. The summed E-state index contributed by atoms with van der Waals surface area (Å²) in [6.45, 7) is 3.57. The highest BCUT2D eigenvalue weighted by molar-refractivity contribution is 5.97. The second-order valence-corrected chi connectivity index (χ2v) is 6.00. The van der Waals surface area contributed by atoms with E-state index >= 15 is 0 Å². The van der Waals surface area contributed by atoms with Gasteiger partial charge in [-0.05, 0) is 30.2 Å². The molecule has 0 bridgehead atoms. The summed E-state index contributed by atoms with van der Waals surface area (Å²) in [5.41, 5.74) is 3.58. The van der Waals surface area contributed by atoms with Crippen molar-refractivity contribution >= 4 is 5.91 Å². The highest BCUT2D eigenvalue weighted by Crippen LogP contribution is 2.18. The van der Waals surface area contributed by atoms with Gasteiger partial charge >= 0.3 is 0 Å². The molecular formula is C20H22N4O2. The summed E-state index contributed by atoms with van der Waals surface area (Å²) in [5, 5.41) is 4.16. The van der Waals surface area contributed by atoms with Gasteiger partial charge in [-0.1, -0.05) is 36.4 Å². The number of para-hydroxylation sites is 1. The average Bonchev–Trinajstić information content (AvgIpc) is 3.20. The van der Waals surface area contributed by atoms with Crippen LogP contribution in [0.25, 0.3) is 5.69 Å². The van der Waals surface area contributed by atoms with Gasteiger partial charge in [0.25, 0.3) is 5.91 Å². The standard InChI is InChI=1S/C20H22N4O2/c1-16-7-3-4-8-17(16)13-23(11-12-26-2)20(25)18-9-5-6-10-19(18)24-15-21-14-22-24/h3-10,14-15H,11-13H2,1-2H3. The van der Waals surface area contributed by atoms with Gasteiger partial charge in [0.15, 0.2) is 0 Å². The minimum Gasteiger partial charge on any atom is -0.383 e. The molecule has 2 aromatic carbocycles. The molecule has 26 heavy (non-hydrogen) atoms. The molecule has 1 aromatic heterocycles. The van der Waals surface area contributed by atoms with Crippen molar-refractivity contribution in [3.8, 4) is 5.69 Å². The zero-order valence-electron chi connectivity index (χ0n) is 15.0. The number of hydrogen-bond donors (Lipinski definition) is 0. The van der Waals surface area contributed by atoms with Crippen LogP contribution < -0.4 is 0 Å². The number of hydrogen-bond acceptors (Lipinski definition) is 4. The van der Waals surface area contributed by atoms with Crippen molar-refractivity contribution in [1.82, 2.24) is 19.7 Å². The molecule has 1 amide bonds. The van der Waals surface area contributed by atoms with Crippen LogP contribution in [0.2, 0.25) is 0 Å². The summed E-state index contributed by atoms with van der Waals surface area (Å²) in [4.78, 5) is 19.1. The van der Waals surface area contributed by atoms with E-state index < -0.39 is 0 Å². The lowest BCUT2D eigenvalue weighted by Gasteiger charge is -2.24. The number of benzene rings is 2. The highest BCUT2D eigenvalue weighted by Gasteiger charge is 2.20. The van der Waals surface area contributed by atoms with Gasteiger partial charge < -0.3 is 9.64 Å². The number of nitrogens with zero attached hydrogens (tertiary/aromatic N) is 4. The smallest absolute Gasteiger partial charge is 0.256 e. The van der Waals surface area contributed by atoms with Gasteiger partial charge in [0.1, 0.15) is 12.7 Å². The van der Waals surface area contributed by atoms with E-state index in [4.69, 9.17) is 4.74 Å². The van der Waals surface area contributed by atoms with Crippen LogP contribution in [-0.2, 0) is 11.3 Å². The first-order chi connectivity index (χ1) is 12.7. The summed E-state index contributed by atoms with van der Waals surface area (Å²) in [6, 6.07) is 15.5. The fourth-order valence-corrected chi connectivity index (χ4v) is 2.80. The number of aryl methyl sites for hydroxylation is 1. The van der Waals surface area contributed by atoms with E-state index in [1.54, 1.807) is 18.1 Å². The van der Waals surface area contributed by atoms with Crippen LogP contribution in [0.15, 0.2) is 61.2 Å². The average molecular weight is 350 g/mol. The number of ether oxygens (including phenoxy) is 1. The molecule has 3 rings (SSSR count). The third kappa shape index (κ3) is 3.97. The molecule has 0 saturated heterocycles. The normalized spacial score (nSPS) is 10.7. The maximum atomic E-state index is 13.3. The Bertz CT molecular complexity index is 862. The SMILES string of the molecule is COCCN(Cc1ccccc1C)C(=O)c1ccccc1-n1cncn1. The number of rotatable bonds is 7. The van der Waals surface area contributed by atoms with Crippen molar-refractivity contribution in [2.75, 3.05) is 20.3 Å². The zero-order chi connectivity index (χ0) is 18.4. The Balaban J connectivity index is 1.92. The van der Waals surface area contributed by atoms with Gasteiger partial charge in [-0.2, -0.15) is 5.10 Å². The van der Waals surface area contributed by atoms with Crippen molar-refractivity contribution in [2.24, 2.45) is 0 Å². The third-order valence-electron chi connectivity index (χ3n) is 4.28. The number of carbonyl (C=O) groups excluding carboxylic acids is 1. The van der Waals surface area contributed by atoms with Crippen LogP contribution in [0.4, 0.5) is 0 Å². The van der Waals surface area contributed by atoms with E-state index in [0.29, 0.717) is 30.9 Å². The van der Waals surface area contributed by atoms with Crippen molar-refractivity contribution < 1.29 is 9.53 Å². The first-order valence-corrected chi connectivity index (χ1v) is 8.47. The van der Waals surface area contributed by atoms with E-state index in [1.807, 2.05) is 47.4 Å². The molecule has 0 atom stereocenters. The topological polar surface area (TPSA) is 60.2 Å². The number of aromatic nitrogens is 3. The van der Waals surface area contributed by atoms with E-state index in [2.05, 4.69) is 23.1 Å². The molecule has 0 aliphatic carbocycles. The maximum Gasteiger partial charge on any atom is 0.256 e. The van der Waals surface area contributed by atoms with Crippen LogP contribution in [0.1, 0.15) is 21.5 Å². The predicted molar refractivity (Wildman–Crippen MR) is 99.2 cm³/mol. The van der Waals surface area contributed by atoms with Gasteiger partial charge in [0.05, 0.1) is 17.9 Å². The Kier molecular flexibility index (Phi) is 5.76.